The quantitative estimate of drug-likeness (QED) is 0.413. The molecule has 4 rings (SSSR count). The predicted molar refractivity (Wildman–Crippen MR) is 122 cm³/mol. The highest BCUT2D eigenvalue weighted by molar-refractivity contribution is 7.92. The van der Waals surface area contributed by atoms with Crippen molar-refractivity contribution >= 4 is 38.8 Å². The van der Waals surface area contributed by atoms with Crippen LogP contribution < -0.4 is 9.62 Å². The molecule has 0 spiro atoms. The van der Waals surface area contributed by atoms with Crippen molar-refractivity contribution in [3.05, 3.63) is 69.7 Å². The lowest BCUT2D eigenvalue weighted by Gasteiger charge is -2.27. The van der Waals surface area contributed by atoms with Crippen LogP contribution in [0, 0.1) is 10.1 Å². The monoisotopic (exact) mass is 473 g/mol. The van der Waals surface area contributed by atoms with Crippen molar-refractivity contribution in [1.29, 1.82) is 0 Å². The highest BCUT2D eigenvalue weighted by atomic mass is 35.5. The van der Waals surface area contributed by atoms with E-state index >= 15 is 0 Å². The second kappa shape index (κ2) is 9.09. The first-order chi connectivity index (χ1) is 15.3. The van der Waals surface area contributed by atoms with Crippen LogP contribution in [-0.2, 0) is 10.0 Å². The number of piperidine rings is 1. The summed E-state index contributed by atoms with van der Waals surface area (Å²) in [7, 11) is -4.15. The second-order valence-electron chi connectivity index (χ2n) is 7.38. The molecule has 1 aliphatic rings. The Balaban J connectivity index is 1.57. The molecule has 1 N–H and O–H groups in total. The van der Waals surface area contributed by atoms with Crippen LogP contribution in [-0.4, -0.2) is 36.6 Å². The first-order valence-electron chi connectivity index (χ1n) is 9.99. The Morgan fingerprint density at radius 3 is 2.47 bits per heavy atom. The Hall–Kier alpha value is -3.24. The van der Waals surface area contributed by atoms with Crippen LogP contribution in [0.4, 0.5) is 17.2 Å². The van der Waals surface area contributed by atoms with E-state index in [2.05, 4.69) is 19.8 Å². The summed E-state index contributed by atoms with van der Waals surface area (Å²) in [6, 6.07) is 13.7. The topological polar surface area (TPSA) is 118 Å². The lowest BCUT2D eigenvalue weighted by atomic mass is 10.1. The van der Waals surface area contributed by atoms with E-state index in [9.17, 15) is 18.5 Å². The van der Waals surface area contributed by atoms with Gasteiger partial charge < -0.3 is 4.90 Å². The van der Waals surface area contributed by atoms with Gasteiger partial charge in [-0.25, -0.2) is 8.42 Å². The molecule has 0 atom stereocenters. The number of nitrogens with zero attached hydrogens (tertiary/aromatic N) is 4. The first-order valence-corrected chi connectivity index (χ1v) is 11.9. The molecule has 166 valence electrons. The molecule has 1 aromatic heterocycles. The number of anilines is 2. The normalized spacial score (nSPS) is 14.2. The van der Waals surface area contributed by atoms with Gasteiger partial charge in [-0.2, -0.15) is 0 Å². The Labute approximate surface area is 190 Å². The number of sulfonamides is 1. The van der Waals surface area contributed by atoms with Crippen LogP contribution in [0.25, 0.3) is 11.3 Å². The number of rotatable bonds is 6. The summed E-state index contributed by atoms with van der Waals surface area (Å²) in [6.07, 6.45) is 3.51. The molecule has 2 aromatic carbocycles. The summed E-state index contributed by atoms with van der Waals surface area (Å²) in [5.41, 5.74) is 1.17. The van der Waals surface area contributed by atoms with Crippen molar-refractivity contribution in [2.45, 2.75) is 24.2 Å². The Morgan fingerprint density at radius 2 is 1.78 bits per heavy atom. The van der Waals surface area contributed by atoms with Gasteiger partial charge >= 0.3 is 0 Å². The average molecular weight is 474 g/mol. The van der Waals surface area contributed by atoms with E-state index in [1.54, 1.807) is 24.3 Å². The van der Waals surface area contributed by atoms with E-state index in [1.807, 2.05) is 12.1 Å². The number of nitro benzene ring substituents is 1. The highest BCUT2D eigenvalue weighted by Crippen LogP contribution is 2.29. The van der Waals surface area contributed by atoms with Crippen LogP contribution in [0.1, 0.15) is 19.3 Å². The molecule has 2 heterocycles. The summed E-state index contributed by atoms with van der Waals surface area (Å²) in [5, 5.41) is 19.5. The molecule has 0 saturated carbocycles. The predicted octanol–water partition coefficient (Wildman–Crippen LogP) is 4.50. The van der Waals surface area contributed by atoms with E-state index in [0.717, 1.165) is 43.9 Å². The number of hydrogen-bond acceptors (Lipinski definition) is 7. The maximum atomic E-state index is 12.8. The standard InChI is InChI=1S/C21H20ClN5O4S/c22-18-8-7-17(27(28)29)14-20(18)32(30,31)25-16-6-4-5-15(13-16)19-9-10-21(24-23-19)26-11-2-1-3-12-26/h4-10,13-14,25H,1-3,11-12H2. The molecule has 0 unspecified atom stereocenters. The van der Waals surface area contributed by atoms with Crippen LogP contribution in [0.5, 0.6) is 0 Å². The Bertz CT molecular complexity index is 1250. The molecular formula is C21H20ClN5O4S. The molecular weight excluding hydrogens is 454 g/mol. The molecule has 0 amide bonds. The van der Waals surface area contributed by atoms with Crippen molar-refractivity contribution in [1.82, 2.24) is 10.2 Å². The number of aromatic nitrogens is 2. The maximum Gasteiger partial charge on any atom is 0.270 e. The van der Waals surface area contributed by atoms with Gasteiger partial charge in [-0.15, -0.1) is 10.2 Å². The number of nitro groups is 1. The lowest BCUT2D eigenvalue weighted by Crippen LogP contribution is -2.30. The SMILES string of the molecule is O=[N+]([O-])c1ccc(Cl)c(S(=O)(=O)Nc2cccc(-c3ccc(N4CCCCC4)nn3)c2)c1. The minimum absolute atomic E-state index is 0.113. The smallest absolute Gasteiger partial charge is 0.270 e. The summed E-state index contributed by atoms with van der Waals surface area (Å²) in [5.74, 6) is 0.825. The van der Waals surface area contributed by atoms with Crippen LogP contribution in [0.3, 0.4) is 0 Å². The van der Waals surface area contributed by atoms with E-state index in [1.165, 1.54) is 12.5 Å². The van der Waals surface area contributed by atoms with Gasteiger partial charge in [0.25, 0.3) is 15.7 Å². The maximum absolute atomic E-state index is 12.8. The van der Waals surface area contributed by atoms with Crippen molar-refractivity contribution in [2.24, 2.45) is 0 Å². The van der Waals surface area contributed by atoms with Crippen molar-refractivity contribution < 1.29 is 13.3 Å². The molecule has 9 nitrogen and oxygen atoms in total. The fourth-order valence-corrected chi connectivity index (χ4v) is 5.10. The number of non-ortho nitro benzene ring substituents is 1. The van der Waals surface area contributed by atoms with Crippen molar-refractivity contribution in [3.63, 3.8) is 0 Å². The Kier molecular flexibility index (Phi) is 6.24. The zero-order valence-electron chi connectivity index (χ0n) is 16.9. The third-order valence-corrected chi connectivity index (χ3v) is 7.02. The first kappa shape index (κ1) is 22.0. The Morgan fingerprint density at radius 1 is 1.00 bits per heavy atom. The third-order valence-electron chi connectivity index (χ3n) is 5.16. The average Bonchev–Trinajstić information content (AvgIpc) is 2.79. The van der Waals surface area contributed by atoms with E-state index in [0.29, 0.717) is 11.3 Å². The van der Waals surface area contributed by atoms with Gasteiger partial charge in [0.2, 0.25) is 0 Å². The number of halogens is 1. The minimum atomic E-state index is -4.15. The molecule has 1 aliphatic heterocycles. The third kappa shape index (κ3) is 4.81. The van der Waals surface area contributed by atoms with Crippen LogP contribution in [0.15, 0.2) is 59.5 Å². The number of benzene rings is 2. The van der Waals surface area contributed by atoms with Gasteiger partial charge in [-0.1, -0.05) is 23.7 Å². The number of nitrogens with one attached hydrogen (secondary N) is 1. The zero-order valence-corrected chi connectivity index (χ0v) is 18.5. The number of hydrogen-bond donors (Lipinski definition) is 1. The summed E-state index contributed by atoms with van der Waals surface area (Å²) in [4.78, 5) is 12.2. The van der Waals surface area contributed by atoms with Gasteiger partial charge in [-0.05, 0) is 49.6 Å². The fraction of sp³-hybridized carbons (Fsp3) is 0.238. The van der Waals surface area contributed by atoms with Crippen LogP contribution >= 0.6 is 11.6 Å². The second-order valence-corrected chi connectivity index (χ2v) is 9.44. The highest BCUT2D eigenvalue weighted by Gasteiger charge is 2.22. The summed E-state index contributed by atoms with van der Waals surface area (Å²) >= 11 is 5.99. The van der Waals surface area contributed by atoms with Gasteiger partial charge in [0.1, 0.15) is 4.90 Å². The molecule has 1 saturated heterocycles. The molecule has 0 radical (unpaired) electrons. The lowest BCUT2D eigenvalue weighted by molar-refractivity contribution is -0.385. The molecule has 0 bridgehead atoms. The van der Waals surface area contributed by atoms with Gasteiger partial charge in [0.15, 0.2) is 5.82 Å². The van der Waals surface area contributed by atoms with E-state index in [-0.39, 0.29) is 21.3 Å². The van der Waals surface area contributed by atoms with Crippen molar-refractivity contribution in [3.8, 4) is 11.3 Å². The largest absolute Gasteiger partial charge is 0.355 e. The fourth-order valence-electron chi connectivity index (χ4n) is 3.53. The van der Waals surface area contributed by atoms with Gasteiger partial charge in [0, 0.05) is 36.5 Å². The molecule has 11 heteroatoms. The molecule has 1 fully saturated rings. The van der Waals surface area contributed by atoms with Crippen LogP contribution in [0.2, 0.25) is 5.02 Å². The van der Waals surface area contributed by atoms with E-state index in [4.69, 9.17) is 11.6 Å². The molecule has 32 heavy (non-hydrogen) atoms. The van der Waals surface area contributed by atoms with Crippen molar-refractivity contribution in [2.75, 3.05) is 22.7 Å². The van der Waals surface area contributed by atoms with Gasteiger partial charge in [0.05, 0.1) is 15.6 Å². The van der Waals surface area contributed by atoms with Gasteiger partial charge in [-0.3, -0.25) is 14.8 Å². The van der Waals surface area contributed by atoms with E-state index < -0.39 is 14.9 Å². The molecule has 3 aromatic rings. The minimum Gasteiger partial charge on any atom is -0.355 e. The molecule has 0 aliphatic carbocycles. The summed E-state index contributed by atoms with van der Waals surface area (Å²) < 4.78 is 28.0. The summed E-state index contributed by atoms with van der Waals surface area (Å²) in [6.45, 7) is 1.93. The zero-order chi connectivity index (χ0) is 22.7.